The number of amides is 1. The Hall–Kier alpha value is -2.12. The highest BCUT2D eigenvalue weighted by Crippen LogP contribution is 2.37. The third kappa shape index (κ3) is 4.56. The maximum absolute atomic E-state index is 12.8. The molecule has 0 spiro atoms. The zero-order valence-corrected chi connectivity index (χ0v) is 17.1. The molecule has 3 rings (SSSR count). The summed E-state index contributed by atoms with van der Waals surface area (Å²) in [4.78, 5) is 17.7. The summed E-state index contributed by atoms with van der Waals surface area (Å²) in [7, 11) is -3.85. The second kappa shape index (κ2) is 7.95. The third-order valence-corrected chi connectivity index (χ3v) is 7.20. The van der Waals surface area contributed by atoms with E-state index in [9.17, 15) is 26.4 Å². The van der Waals surface area contributed by atoms with Crippen molar-refractivity contribution in [3.8, 4) is 0 Å². The summed E-state index contributed by atoms with van der Waals surface area (Å²) in [5, 5.41) is 3.22. The van der Waals surface area contributed by atoms with Crippen LogP contribution in [0.2, 0.25) is 0 Å². The molecule has 0 aliphatic carbocycles. The van der Waals surface area contributed by atoms with Crippen LogP contribution in [-0.2, 0) is 10.0 Å². The quantitative estimate of drug-likeness (QED) is 0.660. The van der Waals surface area contributed by atoms with Gasteiger partial charge in [0.15, 0.2) is 5.76 Å². The Kier molecular flexibility index (Phi) is 5.92. The first kappa shape index (κ1) is 21.6. The highest BCUT2D eigenvalue weighted by molar-refractivity contribution is 8.00. The second-order valence-corrected chi connectivity index (χ2v) is 9.18. The van der Waals surface area contributed by atoms with Crippen molar-refractivity contribution in [2.45, 2.75) is 29.3 Å². The molecule has 1 fully saturated rings. The van der Waals surface area contributed by atoms with Crippen LogP contribution in [0.5, 0.6) is 0 Å². The fraction of sp³-hybridized carbons (Fsp3) is 0.438. The van der Waals surface area contributed by atoms with Crippen LogP contribution in [-0.4, -0.2) is 65.4 Å². The molecule has 13 heteroatoms. The van der Waals surface area contributed by atoms with Gasteiger partial charge in [-0.05, 0) is 26.0 Å². The molecule has 1 saturated heterocycles. The van der Waals surface area contributed by atoms with Gasteiger partial charge in [0.2, 0.25) is 10.0 Å². The van der Waals surface area contributed by atoms with Gasteiger partial charge < -0.3 is 9.42 Å². The van der Waals surface area contributed by atoms with E-state index in [0.717, 1.165) is 0 Å². The molecule has 1 aliphatic rings. The van der Waals surface area contributed by atoms with E-state index in [1.54, 1.807) is 0 Å². The monoisotopic (exact) mass is 450 g/mol. The number of sulfonamides is 1. The van der Waals surface area contributed by atoms with Crippen molar-refractivity contribution in [2.24, 2.45) is 0 Å². The number of aryl methyl sites for hydroxylation is 2. The van der Waals surface area contributed by atoms with Crippen LogP contribution >= 0.6 is 11.8 Å². The number of hydrogen-bond donors (Lipinski definition) is 0. The van der Waals surface area contributed by atoms with Gasteiger partial charge in [-0.25, -0.2) is 13.4 Å². The Morgan fingerprint density at radius 3 is 2.41 bits per heavy atom. The largest absolute Gasteiger partial charge is 0.447 e. The number of alkyl halides is 3. The molecule has 0 unspecified atom stereocenters. The van der Waals surface area contributed by atoms with Crippen molar-refractivity contribution < 1.29 is 30.9 Å². The standard InChI is InChI=1S/C16H17F3N4O4S2/c1-10-13(11(2)27-21-10)29(25,26)23-8-6-22(7-9-23)15(24)12-4-3-5-20-14(12)28-16(17,18)19/h3-5H,6-9H2,1-2H3. The first-order chi connectivity index (χ1) is 13.5. The van der Waals surface area contributed by atoms with E-state index in [4.69, 9.17) is 4.52 Å². The van der Waals surface area contributed by atoms with Crippen LogP contribution in [0.25, 0.3) is 0 Å². The zero-order valence-electron chi connectivity index (χ0n) is 15.4. The summed E-state index contributed by atoms with van der Waals surface area (Å²) >= 11 is -0.456. The first-order valence-corrected chi connectivity index (χ1v) is 10.7. The van der Waals surface area contributed by atoms with E-state index in [-0.39, 0.29) is 48.1 Å². The lowest BCUT2D eigenvalue weighted by atomic mass is 10.2. The van der Waals surface area contributed by atoms with Gasteiger partial charge in [0.25, 0.3) is 5.91 Å². The molecular formula is C16H17F3N4O4S2. The molecule has 8 nitrogen and oxygen atoms in total. The van der Waals surface area contributed by atoms with E-state index in [2.05, 4.69) is 10.1 Å². The van der Waals surface area contributed by atoms with E-state index < -0.39 is 38.2 Å². The molecule has 0 saturated carbocycles. The second-order valence-electron chi connectivity index (χ2n) is 6.25. The smallest absolute Gasteiger partial charge is 0.360 e. The SMILES string of the molecule is Cc1noc(C)c1S(=O)(=O)N1CCN(C(=O)c2cccnc2SC(F)(F)F)CC1. The van der Waals surface area contributed by atoms with Gasteiger partial charge in [0.05, 0.1) is 5.56 Å². The Bertz CT molecular complexity index is 996. The maximum atomic E-state index is 12.8. The topological polar surface area (TPSA) is 96.6 Å². The number of nitrogens with zero attached hydrogens (tertiary/aromatic N) is 4. The third-order valence-electron chi connectivity index (χ3n) is 4.31. The van der Waals surface area contributed by atoms with Gasteiger partial charge in [-0.2, -0.15) is 17.5 Å². The highest BCUT2D eigenvalue weighted by Gasteiger charge is 2.36. The van der Waals surface area contributed by atoms with Crippen LogP contribution < -0.4 is 0 Å². The molecule has 0 atom stereocenters. The minimum atomic E-state index is -4.58. The number of piperazine rings is 1. The number of hydrogen-bond acceptors (Lipinski definition) is 7. The molecular weight excluding hydrogens is 433 g/mol. The average molecular weight is 450 g/mol. The minimum Gasteiger partial charge on any atom is -0.360 e. The lowest BCUT2D eigenvalue weighted by molar-refractivity contribution is -0.0329. The molecule has 0 radical (unpaired) electrons. The predicted molar refractivity (Wildman–Crippen MR) is 96.8 cm³/mol. The number of carbonyl (C=O) groups is 1. The summed E-state index contributed by atoms with van der Waals surface area (Å²) in [5.41, 5.74) is -4.51. The predicted octanol–water partition coefficient (Wildman–Crippen LogP) is 2.45. The molecule has 1 aliphatic heterocycles. The number of thioether (sulfide) groups is 1. The molecule has 1 amide bonds. The molecule has 0 bridgehead atoms. The van der Waals surface area contributed by atoms with Gasteiger partial charge in [0.1, 0.15) is 15.6 Å². The summed E-state index contributed by atoms with van der Waals surface area (Å²) in [5.74, 6) is -0.454. The van der Waals surface area contributed by atoms with E-state index >= 15 is 0 Å². The fourth-order valence-corrected chi connectivity index (χ4v) is 5.33. The maximum Gasteiger partial charge on any atom is 0.447 e. The molecule has 0 N–H and O–H groups in total. The summed E-state index contributed by atoms with van der Waals surface area (Å²) in [6.45, 7) is 3.08. The van der Waals surface area contributed by atoms with Gasteiger partial charge in [-0.15, -0.1) is 0 Å². The number of pyridine rings is 1. The number of carbonyl (C=O) groups excluding carboxylic acids is 1. The van der Waals surface area contributed by atoms with E-state index in [0.29, 0.717) is 0 Å². The van der Waals surface area contributed by atoms with Crippen LogP contribution in [0.3, 0.4) is 0 Å². The summed E-state index contributed by atoms with van der Waals surface area (Å²) in [6, 6.07) is 2.65. The van der Waals surface area contributed by atoms with Gasteiger partial charge in [-0.1, -0.05) is 5.16 Å². The van der Waals surface area contributed by atoms with Crippen molar-refractivity contribution in [3.05, 3.63) is 35.3 Å². The Balaban J connectivity index is 1.74. The molecule has 0 aromatic carbocycles. The molecule has 158 valence electrons. The lowest BCUT2D eigenvalue weighted by Crippen LogP contribution is -2.50. The number of halogens is 3. The Labute approximate surface area is 169 Å². The normalized spacial score (nSPS) is 16.2. The van der Waals surface area contributed by atoms with E-state index in [1.165, 1.54) is 41.4 Å². The van der Waals surface area contributed by atoms with Crippen LogP contribution in [0.1, 0.15) is 21.8 Å². The molecule has 2 aromatic rings. The minimum absolute atomic E-state index is 0.000141. The lowest BCUT2D eigenvalue weighted by Gasteiger charge is -2.34. The van der Waals surface area contributed by atoms with Crippen molar-refractivity contribution in [1.29, 1.82) is 0 Å². The van der Waals surface area contributed by atoms with Crippen molar-refractivity contribution in [2.75, 3.05) is 26.2 Å². The summed E-state index contributed by atoms with van der Waals surface area (Å²) < 4.78 is 70.0. The van der Waals surface area contributed by atoms with Crippen molar-refractivity contribution >= 4 is 27.7 Å². The van der Waals surface area contributed by atoms with Crippen LogP contribution in [0, 0.1) is 13.8 Å². The zero-order chi connectivity index (χ0) is 21.4. The van der Waals surface area contributed by atoms with Crippen LogP contribution in [0.4, 0.5) is 13.2 Å². The fourth-order valence-electron chi connectivity index (χ4n) is 3.02. The first-order valence-electron chi connectivity index (χ1n) is 8.44. The van der Waals surface area contributed by atoms with Gasteiger partial charge in [0, 0.05) is 44.1 Å². The average Bonchev–Trinajstić information content (AvgIpc) is 2.99. The van der Waals surface area contributed by atoms with Crippen molar-refractivity contribution in [1.82, 2.24) is 19.3 Å². The van der Waals surface area contributed by atoms with Gasteiger partial charge in [-0.3, -0.25) is 4.79 Å². The molecule has 2 aromatic heterocycles. The molecule has 3 heterocycles. The van der Waals surface area contributed by atoms with Crippen molar-refractivity contribution in [3.63, 3.8) is 0 Å². The Morgan fingerprint density at radius 2 is 1.86 bits per heavy atom. The summed E-state index contributed by atoms with van der Waals surface area (Å²) in [6.07, 6.45) is 1.18. The highest BCUT2D eigenvalue weighted by atomic mass is 32.2. The molecule has 29 heavy (non-hydrogen) atoms. The Morgan fingerprint density at radius 1 is 1.21 bits per heavy atom. The number of rotatable bonds is 4. The van der Waals surface area contributed by atoms with E-state index in [1.807, 2.05) is 0 Å². The number of aromatic nitrogens is 2. The van der Waals surface area contributed by atoms with Gasteiger partial charge >= 0.3 is 5.51 Å². The van der Waals surface area contributed by atoms with Crippen LogP contribution in [0.15, 0.2) is 32.8 Å².